The van der Waals surface area contributed by atoms with E-state index in [4.69, 9.17) is 4.74 Å². The number of hydrogen-bond donors (Lipinski definition) is 3. The van der Waals surface area contributed by atoms with Crippen molar-refractivity contribution in [3.8, 4) is 0 Å². The lowest BCUT2D eigenvalue weighted by Gasteiger charge is -2.22. The highest BCUT2D eigenvalue weighted by molar-refractivity contribution is 5.76. The molecule has 6 nitrogen and oxygen atoms in total. The molecule has 0 saturated heterocycles. The zero-order valence-corrected chi connectivity index (χ0v) is 39.3. The average molecular weight is 822 g/mol. The van der Waals surface area contributed by atoms with Gasteiger partial charge >= 0.3 is 5.97 Å². The van der Waals surface area contributed by atoms with Crippen LogP contribution in [0.25, 0.3) is 0 Å². The van der Waals surface area contributed by atoms with Crippen molar-refractivity contribution in [2.24, 2.45) is 0 Å². The van der Waals surface area contributed by atoms with Gasteiger partial charge in [-0.05, 0) is 25.7 Å². The van der Waals surface area contributed by atoms with Crippen molar-refractivity contribution >= 4 is 11.9 Å². The first-order valence-corrected chi connectivity index (χ1v) is 26.3. The SMILES string of the molecule is CCCCCCCCCCCCCCCCCCCCC(=O)OCCCCCCCCCCCCCC(=O)NC(CO)C(O)CCCCCCCCCCCCCC. The minimum atomic E-state index is -0.673. The second kappa shape index (κ2) is 48.5. The van der Waals surface area contributed by atoms with Crippen LogP contribution in [0.4, 0.5) is 0 Å². The summed E-state index contributed by atoms with van der Waals surface area (Å²) in [5.41, 5.74) is 0. The molecule has 1 amide bonds. The Hall–Kier alpha value is -1.14. The van der Waals surface area contributed by atoms with Gasteiger partial charge in [-0.25, -0.2) is 0 Å². The third-order valence-electron chi connectivity index (χ3n) is 12.4. The Morgan fingerprint density at radius 1 is 0.414 bits per heavy atom. The van der Waals surface area contributed by atoms with Crippen LogP contribution in [0.5, 0.6) is 0 Å². The molecule has 0 fully saturated rings. The Labute approximate surface area is 362 Å². The second-order valence-corrected chi connectivity index (χ2v) is 18.2. The first-order chi connectivity index (χ1) is 28.5. The van der Waals surface area contributed by atoms with Crippen LogP contribution in [0.15, 0.2) is 0 Å². The van der Waals surface area contributed by atoms with Crippen LogP contribution in [-0.4, -0.2) is 47.4 Å². The zero-order chi connectivity index (χ0) is 42.3. The van der Waals surface area contributed by atoms with Crippen LogP contribution >= 0.6 is 0 Å². The van der Waals surface area contributed by atoms with E-state index in [1.165, 1.54) is 205 Å². The third-order valence-corrected chi connectivity index (χ3v) is 12.4. The van der Waals surface area contributed by atoms with Gasteiger partial charge in [-0.3, -0.25) is 9.59 Å². The van der Waals surface area contributed by atoms with E-state index in [1.54, 1.807) is 0 Å². The highest BCUT2D eigenvalue weighted by Gasteiger charge is 2.20. The number of hydrogen-bond acceptors (Lipinski definition) is 5. The molecule has 0 aliphatic rings. The van der Waals surface area contributed by atoms with Gasteiger partial charge in [0.05, 0.1) is 25.4 Å². The fraction of sp³-hybridized carbons (Fsp3) is 0.962. The van der Waals surface area contributed by atoms with Gasteiger partial charge in [-0.1, -0.05) is 258 Å². The molecule has 0 spiro atoms. The number of esters is 1. The smallest absolute Gasteiger partial charge is 0.305 e. The van der Waals surface area contributed by atoms with Gasteiger partial charge in [0, 0.05) is 12.8 Å². The Balaban J connectivity index is 3.42. The molecule has 0 rings (SSSR count). The molecule has 0 bridgehead atoms. The number of unbranched alkanes of at least 4 members (excludes halogenated alkanes) is 38. The number of amides is 1. The highest BCUT2D eigenvalue weighted by Crippen LogP contribution is 2.17. The summed E-state index contributed by atoms with van der Waals surface area (Å²) in [7, 11) is 0. The van der Waals surface area contributed by atoms with Gasteiger partial charge < -0.3 is 20.3 Å². The lowest BCUT2D eigenvalue weighted by atomic mass is 10.0. The lowest BCUT2D eigenvalue weighted by molar-refractivity contribution is -0.143. The molecule has 58 heavy (non-hydrogen) atoms. The van der Waals surface area contributed by atoms with Crippen molar-refractivity contribution in [2.75, 3.05) is 13.2 Å². The van der Waals surface area contributed by atoms with E-state index in [-0.39, 0.29) is 18.5 Å². The van der Waals surface area contributed by atoms with E-state index < -0.39 is 12.1 Å². The quantitative estimate of drug-likeness (QED) is 0.0420. The molecule has 6 heteroatoms. The van der Waals surface area contributed by atoms with Crippen LogP contribution in [0.2, 0.25) is 0 Å². The highest BCUT2D eigenvalue weighted by atomic mass is 16.5. The summed E-state index contributed by atoms with van der Waals surface area (Å²) in [6.45, 7) is 4.92. The number of rotatable bonds is 49. The van der Waals surface area contributed by atoms with E-state index in [2.05, 4.69) is 19.2 Å². The summed E-state index contributed by atoms with van der Waals surface area (Å²) in [6.07, 6.45) is 53.6. The maximum atomic E-state index is 12.4. The molecule has 0 aromatic heterocycles. The molecule has 2 unspecified atom stereocenters. The van der Waals surface area contributed by atoms with E-state index in [1.807, 2.05) is 0 Å². The Bertz CT molecular complexity index is 822. The fourth-order valence-electron chi connectivity index (χ4n) is 8.35. The summed E-state index contributed by atoms with van der Waals surface area (Å²) < 4.78 is 5.47. The normalized spacial score (nSPS) is 12.6. The lowest BCUT2D eigenvalue weighted by Crippen LogP contribution is -2.45. The van der Waals surface area contributed by atoms with Gasteiger partial charge in [0.25, 0.3) is 0 Å². The molecule has 0 aliphatic heterocycles. The molecule has 2 atom stereocenters. The first-order valence-electron chi connectivity index (χ1n) is 26.3. The van der Waals surface area contributed by atoms with Gasteiger partial charge in [0.2, 0.25) is 5.91 Å². The second-order valence-electron chi connectivity index (χ2n) is 18.2. The van der Waals surface area contributed by atoms with Crippen molar-refractivity contribution < 1.29 is 24.5 Å². The molecule has 0 aromatic carbocycles. The number of carbonyl (C=O) groups is 2. The van der Waals surface area contributed by atoms with E-state index in [0.29, 0.717) is 25.9 Å². The van der Waals surface area contributed by atoms with Crippen molar-refractivity contribution in [2.45, 2.75) is 309 Å². The van der Waals surface area contributed by atoms with Crippen LogP contribution in [-0.2, 0) is 14.3 Å². The first kappa shape index (κ1) is 56.9. The summed E-state index contributed by atoms with van der Waals surface area (Å²) in [4.78, 5) is 24.5. The molecule has 3 N–H and O–H groups in total. The standard InChI is InChI=1S/C52H103NO5/c1-3-5-7-9-11-13-15-17-18-19-20-21-22-26-30-34-38-42-46-52(57)58-47-43-39-35-31-27-23-25-29-33-37-41-45-51(56)53-49(48-54)50(55)44-40-36-32-28-24-16-14-12-10-8-6-4-2/h49-50,54-55H,3-48H2,1-2H3,(H,53,56). The topological polar surface area (TPSA) is 95.9 Å². The monoisotopic (exact) mass is 822 g/mol. The average Bonchev–Trinajstić information content (AvgIpc) is 3.22. The number of aliphatic hydroxyl groups excluding tert-OH is 2. The van der Waals surface area contributed by atoms with E-state index >= 15 is 0 Å². The van der Waals surface area contributed by atoms with Crippen molar-refractivity contribution in [3.63, 3.8) is 0 Å². The van der Waals surface area contributed by atoms with Crippen LogP contribution in [0.3, 0.4) is 0 Å². The molecule has 346 valence electrons. The summed E-state index contributed by atoms with van der Waals surface area (Å²) in [5, 5.41) is 23.2. The van der Waals surface area contributed by atoms with Crippen molar-refractivity contribution in [1.82, 2.24) is 5.32 Å². The van der Waals surface area contributed by atoms with Gasteiger partial charge in [-0.2, -0.15) is 0 Å². The van der Waals surface area contributed by atoms with Gasteiger partial charge in [0.15, 0.2) is 0 Å². The maximum absolute atomic E-state index is 12.4. The maximum Gasteiger partial charge on any atom is 0.305 e. The van der Waals surface area contributed by atoms with E-state index in [0.717, 1.165) is 57.8 Å². The van der Waals surface area contributed by atoms with Gasteiger partial charge in [0.1, 0.15) is 0 Å². The van der Waals surface area contributed by atoms with Crippen LogP contribution in [0.1, 0.15) is 296 Å². The van der Waals surface area contributed by atoms with Gasteiger partial charge in [-0.15, -0.1) is 0 Å². The van der Waals surface area contributed by atoms with Crippen molar-refractivity contribution in [1.29, 1.82) is 0 Å². The number of aliphatic hydroxyl groups is 2. The summed E-state index contributed by atoms with van der Waals surface area (Å²) in [6, 6.07) is -0.552. The molecule has 0 heterocycles. The molecule has 0 saturated carbocycles. The van der Waals surface area contributed by atoms with E-state index in [9.17, 15) is 19.8 Å². The number of nitrogens with one attached hydrogen (secondary N) is 1. The summed E-state index contributed by atoms with van der Waals surface area (Å²) >= 11 is 0. The number of ether oxygens (including phenoxy) is 1. The largest absolute Gasteiger partial charge is 0.466 e. The van der Waals surface area contributed by atoms with Crippen LogP contribution < -0.4 is 5.32 Å². The van der Waals surface area contributed by atoms with Crippen molar-refractivity contribution in [3.05, 3.63) is 0 Å². The molecular formula is C52H103NO5. The molecule has 0 radical (unpaired) electrons. The Morgan fingerprint density at radius 3 is 1.05 bits per heavy atom. The predicted molar refractivity (Wildman–Crippen MR) is 250 cm³/mol. The predicted octanol–water partition coefficient (Wildman–Crippen LogP) is 15.6. The molecule has 0 aliphatic carbocycles. The third kappa shape index (κ3) is 44.4. The van der Waals surface area contributed by atoms with Crippen LogP contribution in [0, 0.1) is 0 Å². The molecular weight excluding hydrogens is 719 g/mol. The zero-order valence-electron chi connectivity index (χ0n) is 39.3. The Morgan fingerprint density at radius 2 is 0.707 bits per heavy atom. The molecule has 0 aromatic rings. The minimum Gasteiger partial charge on any atom is -0.466 e. The fourth-order valence-corrected chi connectivity index (χ4v) is 8.35. The number of carbonyl (C=O) groups excluding carboxylic acids is 2. The minimum absolute atomic E-state index is 0.00880. The Kier molecular flexibility index (Phi) is 47.6. The summed E-state index contributed by atoms with van der Waals surface area (Å²) in [5.74, 6) is -0.0613.